The zero-order valence-corrected chi connectivity index (χ0v) is 10.4. The average Bonchev–Trinajstić information content (AvgIpc) is 2.90. The molecule has 0 aromatic carbocycles. The molecule has 2 rings (SSSR count). The first-order valence-corrected chi connectivity index (χ1v) is 6.44. The second-order valence-electron chi connectivity index (χ2n) is 5.03. The summed E-state index contributed by atoms with van der Waals surface area (Å²) in [6, 6.07) is 0.181. The van der Waals surface area contributed by atoms with Gasteiger partial charge in [0.2, 0.25) is 11.8 Å². The van der Waals surface area contributed by atoms with E-state index >= 15 is 0 Å². The van der Waals surface area contributed by atoms with E-state index in [1.54, 1.807) is 11.9 Å². The molecule has 0 radical (unpaired) electrons. The minimum Gasteiger partial charge on any atom is -0.352 e. The highest BCUT2D eigenvalue weighted by molar-refractivity contribution is 5.85. The number of hydrogen-bond acceptors (Lipinski definition) is 3. The molecule has 0 aromatic heterocycles. The summed E-state index contributed by atoms with van der Waals surface area (Å²) in [4.78, 5) is 24.9. The number of rotatable bonds is 4. The van der Waals surface area contributed by atoms with Crippen LogP contribution in [0.2, 0.25) is 0 Å². The molecule has 1 saturated heterocycles. The summed E-state index contributed by atoms with van der Waals surface area (Å²) < 4.78 is 0. The van der Waals surface area contributed by atoms with Crippen LogP contribution in [0.1, 0.15) is 32.1 Å². The van der Waals surface area contributed by atoms with E-state index in [0.717, 1.165) is 25.8 Å². The topological polar surface area (TPSA) is 61.4 Å². The molecule has 2 N–H and O–H groups in total. The molecule has 0 spiro atoms. The van der Waals surface area contributed by atoms with E-state index < -0.39 is 0 Å². The van der Waals surface area contributed by atoms with E-state index in [2.05, 4.69) is 10.6 Å². The maximum absolute atomic E-state index is 11.6. The van der Waals surface area contributed by atoms with Gasteiger partial charge in [0.25, 0.3) is 0 Å². The molecule has 1 aliphatic heterocycles. The number of carbonyl (C=O) groups excluding carboxylic acids is 2. The van der Waals surface area contributed by atoms with E-state index in [4.69, 9.17) is 0 Å². The molecule has 5 heteroatoms. The van der Waals surface area contributed by atoms with Gasteiger partial charge in [0, 0.05) is 19.6 Å². The Kier molecular flexibility index (Phi) is 3.99. The number of amides is 2. The summed E-state index contributed by atoms with van der Waals surface area (Å²) >= 11 is 0. The molecule has 96 valence electrons. The zero-order chi connectivity index (χ0) is 12.3. The molecular formula is C12H21N3O2. The molecule has 5 nitrogen and oxygen atoms in total. The van der Waals surface area contributed by atoms with Crippen LogP contribution in [0.4, 0.5) is 0 Å². The number of likely N-dealkylation sites (N-methyl/N-ethyl adjacent to an activating group) is 1. The molecule has 1 aliphatic carbocycles. The van der Waals surface area contributed by atoms with Crippen LogP contribution in [0, 0.1) is 0 Å². The fraction of sp³-hybridized carbons (Fsp3) is 0.833. The van der Waals surface area contributed by atoms with E-state index in [1.807, 2.05) is 0 Å². The molecule has 2 aliphatic rings. The van der Waals surface area contributed by atoms with E-state index in [-0.39, 0.29) is 24.4 Å². The monoisotopic (exact) mass is 239 g/mol. The minimum atomic E-state index is -0.172. The lowest BCUT2D eigenvalue weighted by Crippen LogP contribution is -2.44. The van der Waals surface area contributed by atoms with Crippen LogP contribution in [0.5, 0.6) is 0 Å². The summed E-state index contributed by atoms with van der Waals surface area (Å²) in [5, 5.41) is 6.03. The Bertz CT molecular complexity index is 300. The third kappa shape index (κ3) is 3.19. The first-order valence-electron chi connectivity index (χ1n) is 6.44. The van der Waals surface area contributed by atoms with Gasteiger partial charge < -0.3 is 10.2 Å². The van der Waals surface area contributed by atoms with Crippen molar-refractivity contribution in [1.29, 1.82) is 0 Å². The van der Waals surface area contributed by atoms with Gasteiger partial charge in [-0.2, -0.15) is 0 Å². The van der Waals surface area contributed by atoms with Crippen LogP contribution in [0.3, 0.4) is 0 Å². The summed E-state index contributed by atoms with van der Waals surface area (Å²) in [6.07, 6.45) is 5.41. The number of carbonyl (C=O) groups is 2. The van der Waals surface area contributed by atoms with Crippen molar-refractivity contribution in [2.24, 2.45) is 0 Å². The third-order valence-corrected chi connectivity index (χ3v) is 3.66. The van der Waals surface area contributed by atoms with Gasteiger partial charge in [0.15, 0.2) is 0 Å². The smallest absolute Gasteiger partial charge is 0.239 e. The Morgan fingerprint density at radius 1 is 1.35 bits per heavy atom. The van der Waals surface area contributed by atoms with Crippen molar-refractivity contribution >= 4 is 11.8 Å². The van der Waals surface area contributed by atoms with Crippen molar-refractivity contribution in [2.45, 2.75) is 44.2 Å². The summed E-state index contributed by atoms with van der Waals surface area (Å²) in [5.41, 5.74) is 0. The molecule has 0 aromatic rings. The second-order valence-corrected chi connectivity index (χ2v) is 5.03. The van der Waals surface area contributed by atoms with Crippen molar-refractivity contribution in [3.8, 4) is 0 Å². The predicted molar refractivity (Wildman–Crippen MR) is 64.4 cm³/mol. The number of nitrogens with zero attached hydrogens (tertiary/aromatic N) is 1. The molecule has 17 heavy (non-hydrogen) atoms. The second kappa shape index (κ2) is 5.49. The normalized spacial score (nSPS) is 25.6. The molecule has 1 unspecified atom stereocenters. The van der Waals surface area contributed by atoms with Gasteiger partial charge in [-0.15, -0.1) is 0 Å². The Hall–Kier alpha value is -1.10. The quantitative estimate of drug-likeness (QED) is 0.718. The fourth-order valence-corrected chi connectivity index (χ4v) is 2.58. The van der Waals surface area contributed by atoms with Crippen molar-refractivity contribution in [2.75, 3.05) is 20.1 Å². The van der Waals surface area contributed by atoms with Crippen LogP contribution < -0.4 is 10.6 Å². The summed E-state index contributed by atoms with van der Waals surface area (Å²) in [7, 11) is 1.79. The Morgan fingerprint density at radius 2 is 2.06 bits per heavy atom. The standard InChI is InChI=1S/C12H21N3O2/c1-15-7-6-10(12(15)17)13-8-11(16)14-9-4-2-3-5-9/h9-10,13H,2-8H2,1H3,(H,14,16). The molecule has 2 amide bonds. The van der Waals surface area contributed by atoms with Crippen LogP contribution in [-0.4, -0.2) is 48.9 Å². The molecule has 1 atom stereocenters. The Morgan fingerprint density at radius 3 is 2.65 bits per heavy atom. The number of likely N-dealkylation sites (tertiary alicyclic amines) is 1. The first kappa shape index (κ1) is 12.4. The Labute approximate surface area is 102 Å². The summed E-state index contributed by atoms with van der Waals surface area (Å²) in [5.74, 6) is 0.109. The molecular weight excluding hydrogens is 218 g/mol. The van der Waals surface area contributed by atoms with Crippen LogP contribution >= 0.6 is 0 Å². The lowest BCUT2D eigenvalue weighted by molar-refractivity contribution is -0.128. The number of hydrogen-bond donors (Lipinski definition) is 2. The van der Waals surface area contributed by atoms with Gasteiger partial charge in [0.1, 0.15) is 0 Å². The summed E-state index contributed by atoms with van der Waals surface area (Å²) in [6.45, 7) is 1.03. The van der Waals surface area contributed by atoms with Gasteiger partial charge >= 0.3 is 0 Å². The third-order valence-electron chi connectivity index (χ3n) is 3.66. The van der Waals surface area contributed by atoms with Crippen LogP contribution in [-0.2, 0) is 9.59 Å². The van der Waals surface area contributed by atoms with Gasteiger partial charge in [-0.1, -0.05) is 12.8 Å². The Balaban J connectivity index is 1.67. The van der Waals surface area contributed by atoms with Crippen LogP contribution in [0.15, 0.2) is 0 Å². The number of nitrogens with one attached hydrogen (secondary N) is 2. The first-order chi connectivity index (χ1) is 8.16. The lowest BCUT2D eigenvalue weighted by Gasteiger charge is -2.14. The van der Waals surface area contributed by atoms with Gasteiger partial charge in [-0.3, -0.25) is 14.9 Å². The zero-order valence-electron chi connectivity index (χ0n) is 10.4. The van der Waals surface area contributed by atoms with Gasteiger partial charge in [-0.05, 0) is 19.3 Å². The SMILES string of the molecule is CN1CCC(NCC(=O)NC2CCCC2)C1=O. The van der Waals surface area contributed by atoms with E-state index in [9.17, 15) is 9.59 Å². The minimum absolute atomic E-state index is 0.0132. The highest BCUT2D eigenvalue weighted by Crippen LogP contribution is 2.17. The van der Waals surface area contributed by atoms with Crippen molar-refractivity contribution in [1.82, 2.24) is 15.5 Å². The lowest BCUT2D eigenvalue weighted by atomic mass is 10.2. The maximum atomic E-state index is 11.6. The van der Waals surface area contributed by atoms with Crippen LogP contribution in [0.25, 0.3) is 0 Å². The molecule has 1 heterocycles. The van der Waals surface area contributed by atoms with Crippen molar-refractivity contribution < 1.29 is 9.59 Å². The predicted octanol–water partition coefficient (Wildman–Crippen LogP) is -0.134. The van der Waals surface area contributed by atoms with Crippen molar-refractivity contribution in [3.63, 3.8) is 0 Å². The highest BCUT2D eigenvalue weighted by Gasteiger charge is 2.29. The van der Waals surface area contributed by atoms with Gasteiger partial charge in [0.05, 0.1) is 12.6 Å². The molecule has 2 fully saturated rings. The largest absolute Gasteiger partial charge is 0.352 e. The fourth-order valence-electron chi connectivity index (χ4n) is 2.58. The molecule has 0 bridgehead atoms. The van der Waals surface area contributed by atoms with E-state index in [0.29, 0.717) is 6.04 Å². The molecule has 1 saturated carbocycles. The van der Waals surface area contributed by atoms with Gasteiger partial charge in [-0.25, -0.2) is 0 Å². The van der Waals surface area contributed by atoms with Crippen molar-refractivity contribution in [3.05, 3.63) is 0 Å². The highest BCUT2D eigenvalue weighted by atomic mass is 16.2. The van der Waals surface area contributed by atoms with E-state index in [1.165, 1.54) is 12.8 Å². The maximum Gasteiger partial charge on any atom is 0.239 e. The average molecular weight is 239 g/mol.